The number of fused-ring (bicyclic) bond motifs is 1. The molecule has 0 radical (unpaired) electrons. The van der Waals surface area contributed by atoms with Crippen LogP contribution in [0.1, 0.15) is 77.6 Å². The first-order chi connectivity index (χ1) is 20.7. The molecule has 4 nitrogen and oxygen atoms in total. The Morgan fingerprint density at radius 1 is 0.432 bits per heavy atom. The average molecular weight is 585 g/mol. The third kappa shape index (κ3) is 5.36. The lowest BCUT2D eigenvalue weighted by Crippen LogP contribution is -2.27. The maximum atomic E-state index is 2.47. The maximum absolute atomic E-state index is 2.47. The molecule has 228 valence electrons. The molecule has 2 heterocycles. The molecule has 0 unspecified atom stereocenters. The highest BCUT2D eigenvalue weighted by Crippen LogP contribution is 2.46. The van der Waals surface area contributed by atoms with E-state index in [9.17, 15) is 0 Å². The first-order valence-corrected chi connectivity index (χ1v) is 15.9. The molecule has 0 spiro atoms. The lowest BCUT2D eigenvalue weighted by atomic mass is 9.87. The largest absolute Gasteiger partial charge is 0.325 e. The summed E-state index contributed by atoms with van der Waals surface area (Å²) in [7, 11) is 0. The maximum Gasteiger partial charge on any atom is 0.100 e. The Labute approximate surface area is 265 Å². The number of hydrogen-bond donors (Lipinski definition) is 0. The van der Waals surface area contributed by atoms with Crippen molar-refractivity contribution in [1.82, 2.24) is 0 Å². The van der Waals surface area contributed by atoms with Gasteiger partial charge in [-0.25, -0.2) is 0 Å². The molecule has 0 saturated carbocycles. The van der Waals surface area contributed by atoms with Crippen LogP contribution in [-0.2, 0) is 10.8 Å². The van der Waals surface area contributed by atoms with E-state index >= 15 is 0 Å². The predicted molar refractivity (Wildman–Crippen MR) is 190 cm³/mol. The number of anilines is 6. The zero-order chi connectivity index (χ0) is 31.6. The monoisotopic (exact) mass is 584 g/mol. The highest BCUT2D eigenvalue weighted by Gasteiger charge is 2.31. The predicted octanol–water partition coefficient (Wildman–Crippen LogP) is 10.7. The molecule has 0 amide bonds. The second-order valence-electron chi connectivity index (χ2n) is 14.7. The molecule has 0 bridgehead atoms. The minimum absolute atomic E-state index is 0.133. The van der Waals surface area contributed by atoms with Gasteiger partial charge in [0, 0.05) is 34.1 Å². The molecule has 4 aromatic rings. The standard InChI is InChI=1S/C40H48N4/c1-27-22-37-38(23-28(27)2)44(26-43(37)34-20-16-32(17-21-34)40(8,9)10)36-13-11-12-35(24-36)42-25-41(29(3)30(42)4)33-18-14-31(15-19-33)39(5,6)7/h11-24H,25-26H2,1-10H3. The first kappa shape index (κ1) is 29.9. The van der Waals surface area contributed by atoms with E-state index in [1.54, 1.807) is 0 Å². The number of benzene rings is 4. The first-order valence-electron chi connectivity index (χ1n) is 15.9. The molecule has 2 aliphatic rings. The van der Waals surface area contributed by atoms with E-state index in [0.29, 0.717) is 0 Å². The second kappa shape index (κ2) is 10.8. The van der Waals surface area contributed by atoms with Gasteiger partial charge in [0.2, 0.25) is 0 Å². The molecule has 0 aliphatic carbocycles. The van der Waals surface area contributed by atoms with Crippen molar-refractivity contribution in [3.05, 3.63) is 119 Å². The number of hydrogen-bond acceptors (Lipinski definition) is 4. The Hall–Kier alpha value is -4.18. The van der Waals surface area contributed by atoms with E-state index in [4.69, 9.17) is 0 Å². The lowest BCUT2D eigenvalue weighted by molar-refractivity contribution is 0.590. The molecule has 4 aromatic carbocycles. The summed E-state index contributed by atoms with van der Waals surface area (Å²) in [5.41, 5.74) is 15.6. The summed E-state index contributed by atoms with van der Waals surface area (Å²) in [5, 5.41) is 0. The molecule has 0 N–H and O–H groups in total. The van der Waals surface area contributed by atoms with Crippen LogP contribution >= 0.6 is 0 Å². The van der Waals surface area contributed by atoms with E-state index in [2.05, 4.69) is 174 Å². The zero-order valence-electron chi connectivity index (χ0n) is 28.3. The summed E-state index contributed by atoms with van der Waals surface area (Å²) in [6.45, 7) is 24.1. The molecule has 4 heteroatoms. The van der Waals surface area contributed by atoms with Crippen molar-refractivity contribution >= 4 is 34.1 Å². The van der Waals surface area contributed by atoms with Crippen LogP contribution in [0.2, 0.25) is 0 Å². The smallest absolute Gasteiger partial charge is 0.100 e. The summed E-state index contributed by atoms with van der Waals surface area (Å²) < 4.78 is 0. The van der Waals surface area contributed by atoms with E-state index in [0.717, 1.165) is 13.3 Å². The Morgan fingerprint density at radius 2 is 0.795 bits per heavy atom. The van der Waals surface area contributed by atoms with Gasteiger partial charge in [-0.2, -0.15) is 0 Å². The van der Waals surface area contributed by atoms with E-state index in [1.165, 1.54) is 67.8 Å². The molecular weight excluding hydrogens is 536 g/mol. The van der Waals surface area contributed by atoms with Crippen LogP contribution in [0, 0.1) is 13.8 Å². The van der Waals surface area contributed by atoms with Crippen molar-refractivity contribution in [2.24, 2.45) is 0 Å². The Balaban J connectivity index is 1.31. The van der Waals surface area contributed by atoms with Gasteiger partial charge < -0.3 is 19.6 Å². The van der Waals surface area contributed by atoms with Crippen molar-refractivity contribution < 1.29 is 0 Å². The second-order valence-corrected chi connectivity index (χ2v) is 14.7. The third-order valence-corrected chi connectivity index (χ3v) is 9.61. The van der Waals surface area contributed by atoms with Crippen molar-refractivity contribution in [2.75, 3.05) is 32.9 Å². The molecule has 6 rings (SSSR count). The fraction of sp³-hybridized carbons (Fsp3) is 0.350. The summed E-state index contributed by atoms with van der Waals surface area (Å²) in [5.74, 6) is 0. The lowest BCUT2D eigenvalue weighted by Gasteiger charge is -2.27. The van der Waals surface area contributed by atoms with Crippen molar-refractivity contribution in [3.8, 4) is 0 Å². The van der Waals surface area contributed by atoms with Crippen molar-refractivity contribution in [1.29, 1.82) is 0 Å². The Bertz CT molecular complexity index is 1720. The molecule has 0 aromatic heterocycles. The topological polar surface area (TPSA) is 13.0 Å². The number of aryl methyl sites for hydroxylation is 2. The van der Waals surface area contributed by atoms with Crippen LogP contribution in [0.15, 0.2) is 96.3 Å². The third-order valence-electron chi connectivity index (χ3n) is 9.61. The zero-order valence-corrected chi connectivity index (χ0v) is 28.3. The fourth-order valence-electron chi connectivity index (χ4n) is 6.36. The van der Waals surface area contributed by atoms with Gasteiger partial charge >= 0.3 is 0 Å². The van der Waals surface area contributed by atoms with Crippen LogP contribution in [0.3, 0.4) is 0 Å². The highest BCUT2D eigenvalue weighted by atomic mass is 15.4. The van der Waals surface area contributed by atoms with Crippen molar-refractivity contribution in [2.45, 2.75) is 80.1 Å². The van der Waals surface area contributed by atoms with E-state index in [1.807, 2.05) is 0 Å². The number of nitrogens with zero attached hydrogens (tertiary/aromatic N) is 4. The summed E-state index contributed by atoms with van der Waals surface area (Å²) in [6.07, 6.45) is 0. The number of rotatable bonds is 4. The van der Waals surface area contributed by atoms with E-state index < -0.39 is 0 Å². The summed E-state index contributed by atoms with van der Waals surface area (Å²) in [4.78, 5) is 9.79. The highest BCUT2D eigenvalue weighted by molar-refractivity contribution is 5.88. The fourth-order valence-corrected chi connectivity index (χ4v) is 6.36. The molecule has 0 fully saturated rings. The SMILES string of the molecule is CC1=C(C)N(c2cccc(N3CN(c4ccc(C(C)(C)C)cc4)c4cc(C)c(C)cc43)c2)CN1c1ccc(C(C)(C)C)cc1. The normalized spacial score (nSPS) is 15.5. The van der Waals surface area contributed by atoms with Crippen LogP contribution in [0.25, 0.3) is 0 Å². The van der Waals surface area contributed by atoms with Crippen molar-refractivity contribution in [3.63, 3.8) is 0 Å². The Morgan fingerprint density at radius 3 is 1.25 bits per heavy atom. The molecule has 0 atom stereocenters. The summed E-state index contributed by atoms with van der Waals surface area (Å²) >= 11 is 0. The van der Waals surface area contributed by atoms with Gasteiger partial charge in [0.1, 0.15) is 6.67 Å². The van der Waals surface area contributed by atoms with Gasteiger partial charge in [-0.3, -0.25) is 0 Å². The molecule has 0 saturated heterocycles. The molecular formula is C40H48N4. The van der Waals surface area contributed by atoms with Crippen LogP contribution in [0.4, 0.5) is 34.1 Å². The minimum atomic E-state index is 0.133. The van der Waals surface area contributed by atoms with E-state index in [-0.39, 0.29) is 10.8 Å². The minimum Gasteiger partial charge on any atom is -0.325 e. The van der Waals surface area contributed by atoms with Gasteiger partial charge in [-0.1, -0.05) is 71.9 Å². The molecule has 2 aliphatic heterocycles. The van der Waals surface area contributed by atoms with Gasteiger partial charge in [0.25, 0.3) is 0 Å². The molecule has 44 heavy (non-hydrogen) atoms. The van der Waals surface area contributed by atoms with Gasteiger partial charge in [-0.05, 0) is 115 Å². The average Bonchev–Trinajstić information content (AvgIpc) is 3.49. The Kier molecular flexibility index (Phi) is 7.31. The van der Waals surface area contributed by atoms with Gasteiger partial charge in [0.15, 0.2) is 0 Å². The quantitative estimate of drug-likeness (QED) is 0.236. The van der Waals surface area contributed by atoms with Crippen LogP contribution < -0.4 is 19.6 Å². The summed E-state index contributed by atoms with van der Waals surface area (Å²) in [6, 6.07) is 32.0. The van der Waals surface area contributed by atoms with Crippen LogP contribution in [0.5, 0.6) is 0 Å². The van der Waals surface area contributed by atoms with Gasteiger partial charge in [0.05, 0.1) is 18.0 Å². The van der Waals surface area contributed by atoms with Crippen LogP contribution in [-0.4, -0.2) is 13.3 Å². The number of allylic oxidation sites excluding steroid dienone is 2. The van der Waals surface area contributed by atoms with Gasteiger partial charge in [-0.15, -0.1) is 0 Å².